The van der Waals surface area contributed by atoms with Crippen molar-refractivity contribution >= 4 is 5.91 Å². The fraction of sp³-hybridized carbons (Fsp3) is 0.667. The molecule has 17 heavy (non-hydrogen) atoms. The zero-order chi connectivity index (χ0) is 12.5. The van der Waals surface area contributed by atoms with Gasteiger partial charge in [-0.05, 0) is 32.7 Å². The van der Waals surface area contributed by atoms with Crippen LogP contribution >= 0.6 is 0 Å². The van der Waals surface area contributed by atoms with Crippen molar-refractivity contribution < 1.29 is 4.79 Å². The number of hydrogen-bond donors (Lipinski definition) is 2. The SMILES string of the molecule is CCNC1(C(N)=O)CCC(n2ccnc2C)C1. The second-order valence-corrected chi connectivity index (χ2v) is 4.76. The Hall–Kier alpha value is -1.36. The summed E-state index contributed by atoms with van der Waals surface area (Å²) in [5.74, 6) is 0.756. The molecule has 0 aliphatic heterocycles. The molecule has 1 aliphatic rings. The molecule has 0 bridgehead atoms. The van der Waals surface area contributed by atoms with E-state index in [0.29, 0.717) is 6.04 Å². The van der Waals surface area contributed by atoms with E-state index in [4.69, 9.17) is 5.73 Å². The van der Waals surface area contributed by atoms with Gasteiger partial charge in [0.25, 0.3) is 0 Å². The molecule has 2 unspecified atom stereocenters. The summed E-state index contributed by atoms with van der Waals surface area (Å²) in [6.07, 6.45) is 6.30. The third-order valence-electron chi connectivity index (χ3n) is 3.73. The largest absolute Gasteiger partial charge is 0.368 e. The topological polar surface area (TPSA) is 72.9 Å². The standard InChI is InChI=1S/C12H20N4O/c1-3-15-12(11(13)17)5-4-10(8-12)16-7-6-14-9(16)2/h6-7,10,15H,3-5,8H2,1-2H3,(H2,13,17). The van der Waals surface area contributed by atoms with Gasteiger partial charge in [-0.15, -0.1) is 0 Å². The Labute approximate surface area is 101 Å². The molecule has 2 rings (SSSR count). The summed E-state index contributed by atoms with van der Waals surface area (Å²) >= 11 is 0. The van der Waals surface area contributed by atoms with Gasteiger partial charge >= 0.3 is 0 Å². The highest BCUT2D eigenvalue weighted by Crippen LogP contribution is 2.38. The fourth-order valence-corrected chi connectivity index (χ4v) is 2.84. The Morgan fingerprint density at radius 3 is 3.06 bits per heavy atom. The Kier molecular flexibility index (Phi) is 3.19. The number of hydrogen-bond acceptors (Lipinski definition) is 3. The van der Waals surface area contributed by atoms with Gasteiger partial charge in [0, 0.05) is 18.4 Å². The Morgan fingerprint density at radius 2 is 2.53 bits per heavy atom. The van der Waals surface area contributed by atoms with Gasteiger partial charge in [-0.1, -0.05) is 6.92 Å². The van der Waals surface area contributed by atoms with E-state index in [-0.39, 0.29) is 5.91 Å². The fourth-order valence-electron chi connectivity index (χ4n) is 2.84. The van der Waals surface area contributed by atoms with E-state index in [1.54, 1.807) is 6.20 Å². The van der Waals surface area contributed by atoms with E-state index < -0.39 is 5.54 Å². The van der Waals surface area contributed by atoms with Crippen molar-refractivity contribution in [2.75, 3.05) is 6.54 Å². The van der Waals surface area contributed by atoms with Gasteiger partial charge in [0.05, 0.1) is 5.54 Å². The van der Waals surface area contributed by atoms with E-state index in [2.05, 4.69) is 14.9 Å². The molecule has 2 atom stereocenters. The summed E-state index contributed by atoms with van der Waals surface area (Å²) in [5.41, 5.74) is 5.01. The van der Waals surface area contributed by atoms with Crippen LogP contribution in [0.3, 0.4) is 0 Å². The zero-order valence-electron chi connectivity index (χ0n) is 10.4. The molecule has 1 fully saturated rings. The predicted octanol–water partition coefficient (Wildman–Crippen LogP) is 0.750. The van der Waals surface area contributed by atoms with Crippen molar-refractivity contribution in [1.29, 1.82) is 0 Å². The van der Waals surface area contributed by atoms with Crippen LogP contribution in [0, 0.1) is 6.92 Å². The Balaban J connectivity index is 2.18. The van der Waals surface area contributed by atoms with Crippen molar-refractivity contribution in [3.8, 4) is 0 Å². The minimum absolute atomic E-state index is 0.236. The number of nitrogens with zero attached hydrogens (tertiary/aromatic N) is 2. The molecule has 0 spiro atoms. The molecule has 1 aromatic heterocycles. The van der Waals surface area contributed by atoms with Crippen LogP contribution in [0.25, 0.3) is 0 Å². The monoisotopic (exact) mass is 236 g/mol. The molecule has 5 nitrogen and oxygen atoms in total. The van der Waals surface area contributed by atoms with Gasteiger partial charge in [-0.25, -0.2) is 4.98 Å². The number of rotatable bonds is 4. The van der Waals surface area contributed by atoms with Crippen LogP contribution in [-0.2, 0) is 4.79 Å². The van der Waals surface area contributed by atoms with Gasteiger partial charge in [-0.3, -0.25) is 4.79 Å². The summed E-state index contributed by atoms with van der Waals surface area (Å²) < 4.78 is 2.14. The number of carbonyl (C=O) groups excluding carboxylic acids is 1. The van der Waals surface area contributed by atoms with Gasteiger partial charge in [0.2, 0.25) is 5.91 Å². The molecule has 1 heterocycles. The van der Waals surface area contributed by atoms with E-state index >= 15 is 0 Å². The average molecular weight is 236 g/mol. The van der Waals surface area contributed by atoms with E-state index in [1.807, 2.05) is 20.0 Å². The van der Waals surface area contributed by atoms with Gasteiger partial charge < -0.3 is 15.6 Å². The number of aryl methyl sites for hydroxylation is 1. The second-order valence-electron chi connectivity index (χ2n) is 4.76. The maximum absolute atomic E-state index is 11.6. The maximum atomic E-state index is 11.6. The molecular formula is C12H20N4O. The number of aromatic nitrogens is 2. The number of amides is 1. The number of likely N-dealkylation sites (N-methyl/N-ethyl adjacent to an activating group) is 1. The summed E-state index contributed by atoms with van der Waals surface area (Å²) in [6.45, 7) is 4.75. The molecule has 1 aliphatic carbocycles. The number of carbonyl (C=O) groups is 1. The lowest BCUT2D eigenvalue weighted by atomic mass is 9.96. The maximum Gasteiger partial charge on any atom is 0.237 e. The third-order valence-corrected chi connectivity index (χ3v) is 3.73. The molecule has 3 N–H and O–H groups in total. The second kappa shape index (κ2) is 4.49. The lowest BCUT2D eigenvalue weighted by Gasteiger charge is -2.26. The molecule has 1 aromatic rings. The normalized spacial score (nSPS) is 28.5. The Morgan fingerprint density at radius 1 is 1.76 bits per heavy atom. The number of primary amides is 1. The summed E-state index contributed by atoms with van der Waals surface area (Å²) in [7, 11) is 0. The van der Waals surface area contributed by atoms with Gasteiger partial charge in [0.1, 0.15) is 5.82 Å². The number of nitrogens with one attached hydrogen (secondary N) is 1. The van der Waals surface area contributed by atoms with Crippen LogP contribution in [0.1, 0.15) is 38.1 Å². The first kappa shape index (κ1) is 12.1. The predicted molar refractivity (Wildman–Crippen MR) is 65.5 cm³/mol. The van der Waals surface area contributed by atoms with E-state index in [9.17, 15) is 4.79 Å². The highest BCUT2D eigenvalue weighted by Gasteiger charge is 2.44. The zero-order valence-corrected chi connectivity index (χ0v) is 10.4. The van der Waals surface area contributed by atoms with Gasteiger partial charge in [0.15, 0.2) is 0 Å². The van der Waals surface area contributed by atoms with Crippen molar-refractivity contribution in [3.63, 3.8) is 0 Å². The molecule has 1 amide bonds. The quantitative estimate of drug-likeness (QED) is 0.810. The molecule has 0 aromatic carbocycles. The molecule has 94 valence electrons. The van der Waals surface area contributed by atoms with Crippen LogP contribution in [0.15, 0.2) is 12.4 Å². The lowest BCUT2D eigenvalue weighted by Crippen LogP contribution is -2.53. The molecule has 0 saturated heterocycles. The number of imidazole rings is 1. The first-order valence-corrected chi connectivity index (χ1v) is 6.13. The van der Waals surface area contributed by atoms with Crippen LogP contribution in [-0.4, -0.2) is 27.5 Å². The average Bonchev–Trinajstić information content (AvgIpc) is 2.86. The first-order chi connectivity index (χ1) is 8.09. The van der Waals surface area contributed by atoms with E-state index in [1.165, 1.54) is 0 Å². The van der Waals surface area contributed by atoms with Crippen molar-refractivity contribution in [2.24, 2.45) is 5.73 Å². The lowest BCUT2D eigenvalue weighted by molar-refractivity contribution is -0.124. The molecule has 0 radical (unpaired) electrons. The van der Waals surface area contributed by atoms with Crippen LogP contribution in [0.4, 0.5) is 0 Å². The molecule has 1 saturated carbocycles. The smallest absolute Gasteiger partial charge is 0.237 e. The Bertz CT molecular complexity index is 414. The molecule has 5 heteroatoms. The minimum Gasteiger partial charge on any atom is -0.368 e. The first-order valence-electron chi connectivity index (χ1n) is 6.13. The molecular weight excluding hydrogens is 216 g/mol. The highest BCUT2D eigenvalue weighted by atomic mass is 16.1. The van der Waals surface area contributed by atoms with Crippen LogP contribution in [0.2, 0.25) is 0 Å². The van der Waals surface area contributed by atoms with Gasteiger partial charge in [-0.2, -0.15) is 0 Å². The minimum atomic E-state index is -0.532. The third kappa shape index (κ3) is 2.07. The van der Waals surface area contributed by atoms with Crippen molar-refractivity contribution in [1.82, 2.24) is 14.9 Å². The summed E-state index contributed by atoms with van der Waals surface area (Å²) in [6, 6.07) is 0.323. The van der Waals surface area contributed by atoms with Crippen molar-refractivity contribution in [2.45, 2.75) is 44.7 Å². The number of nitrogens with two attached hydrogens (primary N) is 1. The summed E-state index contributed by atoms with van der Waals surface area (Å²) in [4.78, 5) is 15.9. The summed E-state index contributed by atoms with van der Waals surface area (Å²) in [5, 5.41) is 3.26. The van der Waals surface area contributed by atoms with Crippen molar-refractivity contribution in [3.05, 3.63) is 18.2 Å². The van der Waals surface area contributed by atoms with Crippen LogP contribution in [0.5, 0.6) is 0 Å². The highest BCUT2D eigenvalue weighted by molar-refractivity contribution is 5.85. The van der Waals surface area contributed by atoms with E-state index in [0.717, 1.165) is 31.6 Å². The van der Waals surface area contributed by atoms with Crippen LogP contribution < -0.4 is 11.1 Å².